The van der Waals surface area contributed by atoms with Gasteiger partial charge in [0.05, 0.1) is 67.0 Å². The predicted octanol–water partition coefficient (Wildman–Crippen LogP) is 4.71. The number of methoxy groups -OCH3 is 6. The van der Waals surface area contributed by atoms with E-state index in [4.69, 9.17) is 37.9 Å². The molecule has 1 aliphatic heterocycles. The molecule has 12 heteroatoms. The van der Waals surface area contributed by atoms with E-state index < -0.39 is 11.9 Å². The molecule has 0 unspecified atom stereocenters. The van der Waals surface area contributed by atoms with Crippen LogP contribution in [-0.2, 0) is 9.47 Å². The first-order chi connectivity index (χ1) is 22.2. The summed E-state index contributed by atoms with van der Waals surface area (Å²) in [5.74, 6) is 1.65. The molecule has 0 radical (unpaired) electrons. The Labute approximate surface area is 272 Å². The van der Waals surface area contributed by atoms with Crippen LogP contribution in [0.5, 0.6) is 34.5 Å². The van der Waals surface area contributed by atoms with Gasteiger partial charge in [-0.15, -0.1) is 0 Å². The van der Waals surface area contributed by atoms with Crippen molar-refractivity contribution in [3.8, 4) is 34.5 Å². The zero-order valence-corrected chi connectivity index (χ0v) is 28.5. The molecule has 2 atom stereocenters. The van der Waals surface area contributed by atoms with Gasteiger partial charge in [-0.2, -0.15) is 0 Å². The fourth-order valence-corrected chi connectivity index (χ4v) is 5.62. The quantitative estimate of drug-likeness (QED) is 0.165. The molecule has 0 aromatic heterocycles. The van der Waals surface area contributed by atoms with Crippen molar-refractivity contribution in [3.63, 3.8) is 0 Å². The molecule has 12 nitrogen and oxygen atoms in total. The lowest BCUT2D eigenvalue weighted by atomic mass is 10.1. The summed E-state index contributed by atoms with van der Waals surface area (Å²) in [4.78, 5) is 30.3. The lowest BCUT2D eigenvalue weighted by Crippen LogP contribution is -2.56. The largest absolute Gasteiger partial charge is 0.493 e. The molecule has 46 heavy (non-hydrogen) atoms. The molecule has 0 N–H and O–H groups in total. The standard InChI is InChI=1S/C34H50N2O10/c1-23-21-36(14-10-12-16-46-34(38)26-19-29(41-5)32(44-8)30(20-26)42-6)24(2)22-35(23)13-9-11-15-45-33(37)25-17-27(39-3)31(43-7)28(18-25)40-4/h17-20,23-24H,9-16,21-22H2,1-8H3/t23-,24+. The summed E-state index contributed by atoms with van der Waals surface area (Å²) in [5.41, 5.74) is 0.703. The number of hydrogen-bond donors (Lipinski definition) is 0. The van der Waals surface area contributed by atoms with Crippen LogP contribution in [0.25, 0.3) is 0 Å². The van der Waals surface area contributed by atoms with Crippen molar-refractivity contribution >= 4 is 11.9 Å². The molecule has 1 heterocycles. The summed E-state index contributed by atoms with van der Waals surface area (Å²) in [6.45, 7) is 9.01. The highest BCUT2D eigenvalue weighted by Crippen LogP contribution is 2.39. The Morgan fingerprint density at radius 2 is 0.891 bits per heavy atom. The minimum Gasteiger partial charge on any atom is -0.493 e. The van der Waals surface area contributed by atoms with Gasteiger partial charge in [0.25, 0.3) is 0 Å². The lowest BCUT2D eigenvalue weighted by Gasteiger charge is -2.44. The zero-order valence-electron chi connectivity index (χ0n) is 28.5. The van der Waals surface area contributed by atoms with E-state index >= 15 is 0 Å². The van der Waals surface area contributed by atoms with Gasteiger partial charge < -0.3 is 37.9 Å². The topological polar surface area (TPSA) is 114 Å². The van der Waals surface area contributed by atoms with Crippen LogP contribution in [-0.4, -0.2) is 116 Å². The maximum Gasteiger partial charge on any atom is 0.338 e. The molecular formula is C34H50N2O10. The summed E-state index contributed by atoms with van der Waals surface area (Å²) < 4.78 is 43.0. The fourth-order valence-electron chi connectivity index (χ4n) is 5.62. The molecule has 0 amide bonds. The number of esters is 2. The summed E-state index contributed by atoms with van der Waals surface area (Å²) >= 11 is 0. The van der Waals surface area contributed by atoms with Gasteiger partial charge >= 0.3 is 11.9 Å². The SMILES string of the molecule is COc1cc(C(=O)OCCCCN2C[C@H](C)N(CCCCOC(=O)c3cc(OC)c(OC)c(OC)c3)C[C@H]2C)cc(OC)c1OC. The van der Waals surface area contributed by atoms with Gasteiger partial charge in [0.2, 0.25) is 11.5 Å². The van der Waals surface area contributed by atoms with Crippen LogP contribution in [0.1, 0.15) is 60.2 Å². The van der Waals surface area contributed by atoms with E-state index in [1.54, 1.807) is 24.3 Å². The van der Waals surface area contributed by atoms with E-state index in [-0.39, 0.29) is 0 Å². The number of carbonyl (C=O) groups excluding carboxylic acids is 2. The van der Waals surface area contributed by atoms with Gasteiger partial charge in [0, 0.05) is 25.2 Å². The molecule has 0 aliphatic carbocycles. The Balaban J connectivity index is 1.35. The number of benzene rings is 2. The number of unbranched alkanes of at least 4 members (excludes halogenated alkanes) is 2. The molecule has 1 aliphatic rings. The summed E-state index contributed by atoms with van der Waals surface area (Å²) in [5, 5.41) is 0. The first-order valence-electron chi connectivity index (χ1n) is 15.6. The van der Waals surface area contributed by atoms with Gasteiger partial charge in [0.1, 0.15) is 0 Å². The van der Waals surface area contributed by atoms with Crippen LogP contribution in [0.4, 0.5) is 0 Å². The van der Waals surface area contributed by atoms with E-state index in [0.717, 1.165) is 51.9 Å². The Morgan fingerprint density at radius 3 is 1.17 bits per heavy atom. The summed E-state index contributed by atoms with van der Waals surface area (Å²) in [6, 6.07) is 7.20. The van der Waals surface area contributed by atoms with Crippen molar-refractivity contribution in [1.82, 2.24) is 9.80 Å². The highest BCUT2D eigenvalue weighted by Gasteiger charge is 2.28. The van der Waals surface area contributed by atoms with Gasteiger partial charge in [0.15, 0.2) is 23.0 Å². The van der Waals surface area contributed by atoms with E-state index in [0.29, 0.717) is 70.9 Å². The number of carbonyl (C=O) groups is 2. The van der Waals surface area contributed by atoms with E-state index in [1.165, 1.54) is 42.7 Å². The minimum absolute atomic E-state index is 0.337. The van der Waals surface area contributed by atoms with Crippen molar-refractivity contribution in [2.45, 2.75) is 51.6 Å². The average molecular weight is 647 g/mol. The van der Waals surface area contributed by atoms with Crippen LogP contribution < -0.4 is 28.4 Å². The smallest absolute Gasteiger partial charge is 0.338 e. The van der Waals surface area contributed by atoms with Gasteiger partial charge in [-0.3, -0.25) is 9.80 Å². The maximum atomic E-state index is 12.6. The first kappa shape index (κ1) is 36.6. The fraction of sp³-hybridized carbons (Fsp3) is 0.588. The second-order valence-corrected chi connectivity index (χ2v) is 11.2. The molecule has 0 spiro atoms. The number of piperazine rings is 1. The predicted molar refractivity (Wildman–Crippen MR) is 173 cm³/mol. The lowest BCUT2D eigenvalue weighted by molar-refractivity contribution is 0.0340. The van der Waals surface area contributed by atoms with E-state index in [9.17, 15) is 9.59 Å². The van der Waals surface area contributed by atoms with Crippen molar-refractivity contribution < 1.29 is 47.5 Å². The second-order valence-electron chi connectivity index (χ2n) is 11.2. The Kier molecular flexibility index (Phi) is 14.5. The minimum atomic E-state index is -0.425. The van der Waals surface area contributed by atoms with Crippen LogP contribution in [0.3, 0.4) is 0 Å². The molecule has 2 aromatic rings. The molecule has 3 rings (SSSR count). The van der Waals surface area contributed by atoms with E-state index in [2.05, 4.69) is 23.6 Å². The molecule has 1 fully saturated rings. The normalized spacial score (nSPS) is 16.8. The third kappa shape index (κ3) is 9.56. The first-order valence-corrected chi connectivity index (χ1v) is 15.6. The molecule has 2 aromatic carbocycles. The van der Waals surface area contributed by atoms with Crippen molar-refractivity contribution in [2.75, 3.05) is 82.1 Å². The number of ether oxygens (including phenoxy) is 8. The van der Waals surface area contributed by atoms with Crippen LogP contribution in [0, 0.1) is 0 Å². The molecule has 1 saturated heterocycles. The van der Waals surface area contributed by atoms with Gasteiger partial charge in [-0.1, -0.05) is 0 Å². The third-order valence-corrected chi connectivity index (χ3v) is 8.19. The molecule has 0 bridgehead atoms. The van der Waals surface area contributed by atoms with E-state index in [1.807, 2.05) is 0 Å². The Bertz CT molecular complexity index is 1140. The summed E-state index contributed by atoms with van der Waals surface area (Å²) in [7, 11) is 9.07. The van der Waals surface area contributed by atoms with Crippen LogP contribution in [0.2, 0.25) is 0 Å². The molecule has 256 valence electrons. The second kappa shape index (κ2) is 18.3. The number of hydrogen-bond acceptors (Lipinski definition) is 12. The van der Waals surface area contributed by atoms with Crippen LogP contribution in [0.15, 0.2) is 24.3 Å². The highest BCUT2D eigenvalue weighted by atomic mass is 16.5. The maximum absolute atomic E-state index is 12.6. The van der Waals surface area contributed by atoms with Crippen LogP contribution >= 0.6 is 0 Å². The highest BCUT2D eigenvalue weighted by molar-refractivity contribution is 5.91. The molecular weight excluding hydrogens is 596 g/mol. The molecule has 0 saturated carbocycles. The van der Waals surface area contributed by atoms with Gasteiger partial charge in [-0.25, -0.2) is 9.59 Å². The summed E-state index contributed by atoms with van der Waals surface area (Å²) in [6.07, 6.45) is 3.40. The Morgan fingerprint density at radius 1 is 0.565 bits per heavy atom. The van der Waals surface area contributed by atoms with Gasteiger partial charge in [-0.05, 0) is 76.9 Å². The number of rotatable bonds is 18. The Hall–Kier alpha value is -3.90. The monoisotopic (exact) mass is 646 g/mol. The average Bonchev–Trinajstić information content (AvgIpc) is 3.07. The number of nitrogens with zero attached hydrogens (tertiary/aromatic N) is 2. The van der Waals surface area contributed by atoms with Crippen molar-refractivity contribution in [1.29, 1.82) is 0 Å². The van der Waals surface area contributed by atoms with Crippen molar-refractivity contribution in [2.24, 2.45) is 0 Å². The van der Waals surface area contributed by atoms with Crippen molar-refractivity contribution in [3.05, 3.63) is 35.4 Å². The third-order valence-electron chi connectivity index (χ3n) is 8.19. The zero-order chi connectivity index (χ0) is 33.6.